The average molecular weight is 755 g/mol. The van der Waals surface area contributed by atoms with E-state index >= 15 is 0 Å². The molecule has 2 N–H and O–H groups in total. The lowest BCUT2D eigenvalue weighted by Crippen LogP contribution is -2.70. The minimum absolute atomic E-state index is 0.0581. The van der Waals surface area contributed by atoms with E-state index in [2.05, 4.69) is 5.32 Å². The van der Waals surface area contributed by atoms with E-state index in [1.54, 1.807) is 52.7 Å². The number of amides is 2. The third-order valence-corrected chi connectivity index (χ3v) is 9.51. The monoisotopic (exact) mass is 754 g/mol. The summed E-state index contributed by atoms with van der Waals surface area (Å²) in [6.45, 7) is 7.45. The lowest BCUT2D eigenvalue weighted by atomic mass is 10.0. The Kier molecular flexibility index (Phi) is 13.8. The first-order chi connectivity index (χ1) is 24.6. The predicted molar refractivity (Wildman–Crippen MR) is 182 cm³/mol. The van der Waals surface area contributed by atoms with E-state index in [0.29, 0.717) is 12.0 Å². The number of hydrogen-bond donors (Lipinski definition) is 2. The molecule has 0 bridgehead atoms. The number of benzene rings is 1. The number of aromatic nitrogens is 1. The fourth-order valence-corrected chi connectivity index (χ4v) is 6.58. The standard InChI is InChI=1S/C33H44FN4O13P/c1-20(2)50-31(43)46-18-48-52(49-19-47-32(44)51-21(3)4)13-7-11-37-30(42)26-28(40)27(39)24(16-38(26)36(6)33(37)10-12-45-17-33)29(41)35-15-23-9-8-22(5)14-25(23)34/h8-9,14,16,20-21,40H,7,10-13,15,17-19H2,1-6H3,(H,35,41). The Morgan fingerprint density at radius 2 is 1.69 bits per heavy atom. The third-order valence-electron chi connectivity index (χ3n) is 8.05. The largest absolute Gasteiger partial charge is 0.510 e. The van der Waals surface area contributed by atoms with Crippen molar-refractivity contribution in [2.75, 3.05) is 51.6 Å². The summed E-state index contributed by atoms with van der Waals surface area (Å²) in [7, 11) is -0.230. The van der Waals surface area contributed by atoms with Crippen LogP contribution in [0.1, 0.15) is 72.5 Å². The van der Waals surface area contributed by atoms with E-state index in [1.807, 2.05) is 0 Å². The molecule has 1 saturated heterocycles. The van der Waals surface area contributed by atoms with Crippen LogP contribution in [0.15, 0.2) is 29.2 Å². The fourth-order valence-electron chi connectivity index (χ4n) is 5.51. The molecule has 286 valence electrons. The van der Waals surface area contributed by atoms with Crippen molar-refractivity contribution in [2.45, 2.75) is 71.9 Å². The zero-order chi connectivity index (χ0) is 38.2. The quantitative estimate of drug-likeness (QED) is 0.151. The van der Waals surface area contributed by atoms with Crippen LogP contribution in [0.4, 0.5) is 14.0 Å². The van der Waals surface area contributed by atoms with Crippen LogP contribution >= 0.6 is 8.38 Å². The molecule has 1 spiro atoms. The summed E-state index contributed by atoms with van der Waals surface area (Å²) in [5.41, 5.74) is -2.07. The Labute approximate surface area is 300 Å². The van der Waals surface area contributed by atoms with Gasteiger partial charge in [-0.2, -0.15) is 0 Å². The van der Waals surface area contributed by atoms with Gasteiger partial charge in [0.25, 0.3) is 11.8 Å². The van der Waals surface area contributed by atoms with Crippen molar-refractivity contribution in [3.05, 3.63) is 62.8 Å². The van der Waals surface area contributed by atoms with E-state index in [4.69, 9.17) is 32.7 Å². The molecule has 0 radical (unpaired) electrons. The molecule has 1 unspecified atom stereocenters. The van der Waals surface area contributed by atoms with Gasteiger partial charge in [-0.15, -0.1) is 0 Å². The number of nitrogens with one attached hydrogen (secondary N) is 1. The van der Waals surface area contributed by atoms with Gasteiger partial charge in [0.2, 0.25) is 19.0 Å². The number of ether oxygens (including phenoxy) is 5. The summed E-state index contributed by atoms with van der Waals surface area (Å²) in [6.07, 6.45) is -0.847. The second-order valence-electron chi connectivity index (χ2n) is 12.5. The first-order valence-corrected chi connectivity index (χ1v) is 17.9. The van der Waals surface area contributed by atoms with Crippen molar-refractivity contribution in [3.63, 3.8) is 0 Å². The Morgan fingerprint density at radius 3 is 2.25 bits per heavy atom. The van der Waals surface area contributed by atoms with Crippen molar-refractivity contribution in [1.29, 1.82) is 0 Å². The molecule has 1 fully saturated rings. The number of likely N-dealkylation sites (N-methyl/N-ethyl adjacent to an activating group) is 1. The molecule has 4 rings (SSSR count). The first kappa shape index (κ1) is 40.3. The van der Waals surface area contributed by atoms with Crippen LogP contribution in [-0.4, -0.2) is 103 Å². The number of aryl methyl sites for hydroxylation is 1. The molecule has 1 atom stereocenters. The van der Waals surface area contributed by atoms with Crippen molar-refractivity contribution in [1.82, 2.24) is 14.9 Å². The highest BCUT2D eigenvalue weighted by molar-refractivity contribution is 7.47. The number of halogens is 1. The van der Waals surface area contributed by atoms with Gasteiger partial charge in [0.15, 0.2) is 25.5 Å². The summed E-state index contributed by atoms with van der Waals surface area (Å²) < 4.78 is 52.3. The normalized spacial score (nSPS) is 16.8. The van der Waals surface area contributed by atoms with Crippen molar-refractivity contribution >= 4 is 32.5 Å². The smallest absolute Gasteiger partial charge is 0.502 e. The highest BCUT2D eigenvalue weighted by Gasteiger charge is 2.52. The molecule has 0 saturated carbocycles. The maximum absolute atomic E-state index is 14.4. The van der Waals surface area contributed by atoms with E-state index in [0.717, 1.165) is 0 Å². The minimum atomic E-state index is -1.86. The van der Waals surface area contributed by atoms with Crippen molar-refractivity contribution < 1.29 is 61.4 Å². The lowest BCUT2D eigenvalue weighted by Gasteiger charge is -2.52. The molecule has 17 nitrogen and oxygen atoms in total. The average Bonchev–Trinajstić information content (AvgIpc) is 3.55. The zero-order valence-electron chi connectivity index (χ0n) is 29.8. The summed E-state index contributed by atoms with van der Waals surface area (Å²) in [5.74, 6) is -3.03. The van der Waals surface area contributed by atoms with E-state index in [-0.39, 0.29) is 50.1 Å². The highest BCUT2D eigenvalue weighted by Crippen LogP contribution is 2.41. The zero-order valence-corrected chi connectivity index (χ0v) is 30.7. The van der Waals surface area contributed by atoms with Gasteiger partial charge in [0.1, 0.15) is 11.4 Å². The Bertz CT molecular complexity index is 1650. The van der Waals surface area contributed by atoms with Gasteiger partial charge in [-0.1, -0.05) is 12.1 Å². The first-order valence-electron chi connectivity index (χ1n) is 16.5. The van der Waals surface area contributed by atoms with Gasteiger partial charge in [-0.25, -0.2) is 14.0 Å². The van der Waals surface area contributed by atoms with Gasteiger partial charge >= 0.3 is 12.3 Å². The Hall–Kier alpha value is -4.51. The van der Waals surface area contributed by atoms with E-state index < -0.39 is 86.5 Å². The SMILES string of the molecule is Cc1ccc(CNC(=O)c2cn3c(c(O)c2=O)C(=O)N(CCCP(OCOC(=O)OC(C)C)OCOC(=O)OC(C)C)C2(CCOC2)N3C)c(F)c1. The van der Waals surface area contributed by atoms with Gasteiger partial charge in [-0.05, 0) is 52.7 Å². The maximum Gasteiger partial charge on any atom is 0.510 e. The Balaban J connectivity index is 1.50. The number of pyridine rings is 1. The molecular formula is C33H44FN4O13P. The van der Waals surface area contributed by atoms with E-state index in [9.17, 15) is 33.5 Å². The van der Waals surface area contributed by atoms with Crippen LogP contribution < -0.4 is 15.8 Å². The number of nitrogens with zero attached hydrogens (tertiary/aromatic N) is 3. The fraction of sp³-hybridized carbons (Fsp3) is 0.545. The van der Waals surface area contributed by atoms with Crippen LogP contribution in [0.3, 0.4) is 0 Å². The highest BCUT2D eigenvalue weighted by atomic mass is 31.2. The number of hydrogen-bond acceptors (Lipinski definition) is 14. The number of carbonyl (C=O) groups excluding carboxylic acids is 4. The molecule has 1 aromatic heterocycles. The summed E-state index contributed by atoms with van der Waals surface area (Å²) in [6, 6.07) is 4.52. The van der Waals surface area contributed by atoms with E-state index in [1.165, 1.54) is 27.9 Å². The summed E-state index contributed by atoms with van der Waals surface area (Å²) >= 11 is 0. The second-order valence-corrected chi connectivity index (χ2v) is 14.1. The molecule has 0 aliphatic carbocycles. The van der Waals surface area contributed by atoms with Crippen LogP contribution in [0.2, 0.25) is 0 Å². The van der Waals surface area contributed by atoms with Crippen LogP contribution in [-0.2, 0) is 39.3 Å². The molecule has 2 aliphatic rings. The molecule has 52 heavy (non-hydrogen) atoms. The summed E-state index contributed by atoms with van der Waals surface area (Å²) in [5, 5.41) is 15.2. The minimum Gasteiger partial charge on any atom is -0.502 e. The van der Waals surface area contributed by atoms with Gasteiger partial charge < -0.3 is 39.0 Å². The molecule has 2 aliphatic heterocycles. The maximum atomic E-state index is 14.4. The van der Waals surface area contributed by atoms with Crippen molar-refractivity contribution in [2.24, 2.45) is 0 Å². The van der Waals surface area contributed by atoms with Crippen LogP contribution in [0.5, 0.6) is 5.75 Å². The topological polar surface area (TPSA) is 194 Å². The molecule has 1 aromatic carbocycles. The second kappa shape index (κ2) is 17.8. The van der Waals surface area contributed by atoms with Gasteiger partial charge in [0, 0.05) is 44.5 Å². The predicted octanol–water partition coefficient (Wildman–Crippen LogP) is 3.85. The Morgan fingerprint density at radius 1 is 1.06 bits per heavy atom. The number of aromatic hydroxyl groups is 1. The molecular weight excluding hydrogens is 710 g/mol. The molecule has 2 amide bonds. The van der Waals surface area contributed by atoms with Crippen LogP contribution in [0, 0.1) is 12.7 Å². The number of fused-ring (bicyclic) bond motifs is 1. The summed E-state index contributed by atoms with van der Waals surface area (Å²) in [4.78, 5) is 65.6. The lowest BCUT2D eigenvalue weighted by molar-refractivity contribution is -0.0239. The molecule has 2 aromatic rings. The van der Waals surface area contributed by atoms with Crippen molar-refractivity contribution in [3.8, 4) is 5.75 Å². The van der Waals surface area contributed by atoms with Gasteiger partial charge in [0.05, 0.1) is 25.4 Å². The number of carbonyl (C=O) groups is 4. The third kappa shape index (κ3) is 9.67. The molecule has 19 heteroatoms. The number of rotatable bonds is 15. The van der Waals surface area contributed by atoms with Gasteiger partial charge in [-0.3, -0.25) is 33.1 Å². The van der Waals surface area contributed by atoms with Crippen LogP contribution in [0.25, 0.3) is 0 Å². The molecule has 3 heterocycles.